The van der Waals surface area contributed by atoms with Crippen LogP contribution in [0.5, 0.6) is 0 Å². The van der Waals surface area contributed by atoms with Gasteiger partial charge < -0.3 is 5.11 Å². The number of thiophene rings is 1. The van der Waals surface area contributed by atoms with Gasteiger partial charge in [-0.05, 0) is 57.2 Å². The second-order valence-electron chi connectivity index (χ2n) is 3.89. The first-order valence-electron chi connectivity index (χ1n) is 4.72. The molecule has 0 amide bonds. The maximum absolute atomic E-state index is 10.2. The van der Waals surface area contributed by atoms with Gasteiger partial charge in [-0.15, -0.1) is 11.3 Å². The fourth-order valence-electron chi connectivity index (χ4n) is 1.78. The first-order valence-corrected chi connectivity index (χ1v) is 7.12. The van der Waals surface area contributed by atoms with E-state index in [1.807, 2.05) is 6.07 Å². The highest BCUT2D eigenvalue weighted by atomic mass is 79.9. The Morgan fingerprint density at radius 2 is 2.21 bits per heavy atom. The van der Waals surface area contributed by atoms with Gasteiger partial charge in [-0.2, -0.15) is 0 Å². The summed E-state index contributed by atoms with van der Waals surface area (Å²) < 4.78 is 2.11. The van der Waals surface area contributed by atoms with Crippen LogP contribution in [0.2, 0.25) is 0 Å². The van der Waals surface area contributed by atoms with Crippen LogP contribution in [-0.4, -0.2) is 5.11 Å². The number of hydrogen-bond acceptors (Lipinski definition) is 2. The average Bonchev–Trinajstić information content (AvgIpc) is 2.90. The van der Waals surface area contributed by atoms with E-state index in [1.165, 1.54) is 0 Å². The lowest BCUT2D eigenvalue weighted by Crippen LogP contribution is -2.11. The topological polar surface area (TPSA) is 20.2 Å². The van der Waals surface area contributed by atoms with Crippen molar-refractivity contribution in [2.45, 2.75) is 32.3 Å². The van der Waals surface area contributed by atoms with E-state index in [0.29, 0.717) is 0 Å². The molecule has 4 heteroatoms. The summed E-state index contributed by atoms with van der Waals surface area (Å²) >= 11 is 8.52. The third kappa shape index (κ3) is 1.82. The van der Waals surface area contributed by atoms with Crippen molar-refractivity contribution >= 4 is 43.2 Å². The number of aliphatic hydroxyl groups excluding tert-OH is 1. The molecule has 0 aromatic carbocycles. The molecule has 78 valence electrons. The van der Waals surface area contributed by atoms with E-state index in [4.69, 9.17) is 0 Å². The van der Waals surface area contributed by atoms with E-state index in [9.17, 15) is 5.11 Å². The Morgan fingerprint density at radius 1 is 1.57 bits per heavy atom. The van der Waals surface area contributed by atoms with Gasteiger partial charge in [0, 0.05) is 14.8 Å². The highest BCUT2D eigenvalue weighted by Gasteiger charge is 2.48. The molecule has 0 saturated heterocycles. The van der Waals surface area contributed by atoms with Gasteiger partial charge in [0.05, 0.1) is 9.89 Å². The monoisotopic (exact) mass is 338 g/mol. The first-order chi connectivity index (χ1) is 6.59. The molecule has 1 unspecified atom stereocenters. The van der Waals surface area contributed by atoms with Crippen molar-refractivity contribution in [2.24, 2.45) is 5.41 Å². The summed E-state index contributed by atoms with van der Waals surface area (Å²) in [6.45, 7) is 2.16. The van der Waals surface area contributed by atoms with E-state index >= 15 is 0 Å². The van der Waals surface area contributed by atoms with Gasteiger partial charge in [-0.25, -0.2) is 0 Å². The van der Waals surface area contributed by atoms with Crippen molar-refractivity contribution in [2.75, 3.05) is 0 Å². The number of halogens is 2. The number of hydrogen-bond donors (Lipinski definition) is 1. The van der Waals surface area contributed by atoms with Crippen molar-refractivity contribution in [3.8, 4) is 0 Å². The SMILES string of the molecule is CCC1(C(O)c2cc(Br)c(Br)s2)CC1. The average molecular weight is 340 g/mol. The summed E-state index contributed by atoms with van der Waals surface area (Å²) in [6.07, 6.45) is 3.12. The first kappa shape index (κ1) is 11.1. The second-order valence-corrected chi connectivity index (χ2v) is 7.14. The fourth-order valence-corrected chi connectivity index (χ4v) is 4.00. The van der Waals surface area contributed by atoms with Gasteiger partial charge in [0.15, 0.2) is 0 Å². The molecule has 2 rings (SSSR count). The Kier molecular flexibility index (Phi) is 3.09. The molecule has 1 aromatic heterocycles. The predicted octanol–water partition coefficient (Wildman–Crippen LogP) is 4.50. The zero-order valence-corrected chi connectivity index (χ0v) is 11.9. The van der Waals surface area contributed by atoms with Crippen molar-refractivity contribution in [3.63, 3.8) is 0 Å². The van der Waals surface area contributed by atoms with Crippen LogP contribution in [0.4, 0.5) is 0 Å². The molecule has 0 radical (unpaired) electrons. The molecule has 14 heavy (non-hydrogen) atoms. The summed E-state index contributed by atoms with van der Waals surface area (Å²) in [6, 6.07) is 2.02. The molecule has 1 aliphatic rings. The van der Waals surface area contributed by atoms with E-state index in [2.05, 4.69) is 38.8 Å². The summed E-state index contributed by atoms with van der Waals surface area (Å²) in [7, 11) is 0. The maximum Gasteiger partial charge on any atom is 0.0938 e. The highest BCUT2D eigenvalue weighted by Crippen LogP contribution is 2.58. The second kappa shape index (κ2) is 3.89. The molecule has 1 aromatic rings. The predicted molar refractivity (Wildman–Crippen MR) is 66.6 cm³/mol. The van der Waals surface area contributed by atoms with Crippen LogP contribution >= 0.6 is 43.2 Å². The lowest BCUT2D eigenvalue weighted by Gasteiger charge is -2.18. The maximum atomic E-state index is 10.2. The van der Waals surface area contributed by atoms with Gasteiger partial charge in [0.1, 0.15) is 0 Å². The van der Waals surface area contributed by atoms with Gasteiger partial charge in [0.25, 0.3) is 0 Å². The molecule has 1 saturated carbocycles. The van der Waals surface area contributed by atoms with E-state index in [0.717, 1.165) is 32.4 Å². The summed E-state index contributed by atoms with van der Waals surface area (Å²) in [5.74, 6) is 0. The lowest BCUT2D eigenvalue weighted by atomic mass is 9.95. The Labute approximate surface area is 105 Å². The number of rotatable bonds is 3. The standard InChI is InChI=1S/C10H12Br2OS/c1-2-10(3-4-10)8(13)7-5-6(11)9(12)14-7/h5,8,13H,2-4H2,1H3. The minimum Gasteiger partial charge on any atom is -0.387 e. The van der Waals surface area contributed by atoms with Crippen LogP contribution in [0.3, 0.4) is 0 Å². The summed E-state index contributed by atoms with van der Waals surface area (Å²) in [5.41, 5.74) is 0.184. The van der Waals surface area contributed by atoms with Gasteiger partial charge in [-0.3, -0.25) is 0 Å². The molecule has 1 heterocycles. The molecule has 1 N–H and O–H groups in total. The molecule has 1 fully saturated rings. The van der Waals surface area contributed by atoms with Crippen LogP contribution in [0, 0.1) is 5.41 Å². The summed E-state index contributed by atoms with van der Waals surface area (Å²) in [5, 5.41) is 10.2. The largest absolute Gasteiger partial charge is 0.387 e. The molecule has 1 nitrogen and oxygen atoms in total. The zero-order chi connectivity index (χ0) is 10.3. The minimum atomic E-state index is -0.278. The van der Waals surface area contributed by atoms with Crippen molar-refractivity contribution < 1.29 is 5.11 Å². The third-order valence-electron chi connectivity index (χ3n) is 3.11. The van der Waals surface area contributed by atoms with Crippen molar-refractivity contribution in [1.82, 2.24) is 0 Å². The summed E-state index contributed by atoms with van der Waals surface area (Å²) in [4.78, 5) is 1.07. The Morgan fingerprint density at radius 3 is 2.57 bits per heavy atom. The van der Waals surface area contributed by atoms with Crippen molar-refractivity contribution in [1.29, 1.82) is 0 Å². The quantitative estimate of drug-likeness (QED) is 0.859. The van der Waals surface area contributed by atoms with Gasteiger partial charge in [-0.1, -0.05) is 6.92 Å². The normalized spacial score (nSPS) is 20.9. The Hall–Kier alpha value is 0.620. The molecule has 1 atom stereocenters. The van der Waals surface area contributed by atoms with Gasteiger partial charge in [0.2, 0.25) is 0 Å². The molecular weight excluding hydrogens is 328 g/mol. The van der Waals surface area contributed by atoms with Crippen LogP contribution < -0.4 is 0 Å². The van der Waals surface area contributed by atoms with Gasteiger partial charge >= 0.3 is 0 Å². The molecule has 0 bridgehead atoms. The molecular formula is C10H12Br2OS. The lowest BCUT2D eigenvalue weighted by molar-refractivity contribution is 0.0935. The zero-order valence-electron chi connectivity index (χ0n) is 7.89. The molecule has 0 spiro atoms. The third-order valence-corrected chi connectivity index (χ3v) is 6.42. The van der Waals surface area contributed by atoms with Crippen LogP contribution in [0.25, 0.3) is 0 Å². The molecule has 0 aliphatic heterocycles. The van der Waals surface area contributed by atoms with E-state index in [1.54, 1.807) is 11.3 Å². The Bertz CT molecular complexity index is 324. The smallest absolute Gasteiger partial charge is 0.0938 e. The number of aliphatic hydroxyl groups is 1. The minimum absolute atomic E-state index is 0.184. The molecule has 1 aliphatic carbocycles. The highest BCUT2D eigenvalue weighted by molar-refractivity contribution is 9.13. The fraction of sp³-hybridized carbons (Fsp3) is 0.600. The van der Waals surface area contributed by atoms with Crippen LogP contribution in [0.15, 0.2) is 14.3 Å². The van der Waals surface area contributed by atoms with Crippen molar-refractivity contribution in [3.05, 3.63) is 19.2 Å². The van der Waals surface area contributed by atoms with E-state index in [-0.39, 0.29) is 11.5 Å². The van der Waals surface area contributed by atoms with Crippen LogP contribution in [0.1, 0.15) is 37.2 Å². The Balaban J connectivity index is 2.23. The van der Waals surface area contributed by atoms with E-state index < -0.39 is 0 Å². The van der Waals surface area contributed by atoms with Crippen LogP contribution in [-0.2, 0) is 0 Å².